The second kappa shape index (κ2) is 7.87. The second-order valence-corrected chi connectivity index (χ2v) is 8.17. The van der Waals surface area contributed by atoms with Crippen LogP contribution in [0, 0.1) is 11.6 Å². The van der Waals surface area contributed by atoms with Crippen LogP contribution in [0.3, 0.4) is 0 Å². The Balaban J connectivity index is 1.47. The number of aryl methyl sites for hydroxylation is 1. The maximum atomic E-state index is 14.1. The lowest BCUT2D eigenvalue weighted by Crippen LogP contribution is -2.38. The third-order valence-electron chi connectivity index (χ3n) is 5.59. The third-order valence-corrected chi connectivity index (χ3v) is 5.82. The fourth-order valence-electron chi connectivity index (χ4n) is 4.04. The Morgan fingerprint density at radius 1 is 1.19 bits per heavy atom. The number of fused-ring (bicyclic) bond motifs is 1. The highest BCUT2D eigenvalue weighted by atomic mass is 35.5. The molecule has 6 nitrogen and oxygen atoms in total. The van der Waals surface area contributed by atoms with Gasteiger partial charge in [0.25, 0.3) is 5.91 Å². The summed E-state index contributed by atoms with van der Waals surface area (Å²) >= 11 is 6.24. The van der Waals surface area contributed by atoms with Crippen LogP contribution < -0.4 is 0 Å². The lowest BCUT2D eigenvalue weighted by atomic mass is 9.86. The molecule has 32 heavy (non-hydrogen) atoms. The minimum absolute atomic E-state index is 0.0322. The lowest BCUT2D eigenvalue weighted by molar-refractivity contribution is 0.0714. The van der Waals surface area contributed by atoms with Crippen molar-refractivity contribution < 1.29 is 18.1 Å². The summed E-state index contributed by atoms with van der Waals surface area (Å²) in [6.07, 6.45) is 3.68. The second-order valence-electron chi connectivity index (χ2n) is 7.73. The number of amides is 1. The summed E-state index contributed by atoms with van der Waals surface area (Å²) in [7, 11) is 1.83. The van der Waals surface area contributed by atoms with Gasteiger partial charge in [0.1, 0.15) is 11.6 Å². The summed E-state index contributed by atoms with van der Waals surface area (Å²) in [6.45, 7) is 0.764. The van der Waals surface area contributed by atoms with Crippen LogP contribution in [0.5, 0.6) is 0 Å². The zero-order chi connectivity index (χ0) is 22.4. The molecule has 1 aliphatic heterocycles. The predicted molar refractivity (Wildman–Crippen MR) is 113 cm³/mol. The van der Waals surface area contributed by atoms with Gasteiger partial charge in [0.15, 0.2) is 11.5 Å². The minimum atomic E-state index is -0.791. The third kappa shape index (κ3) is 3.67. The minimum Gasteiger partial charge on any atom is -0.355 e. The molecule has 0 fully saturated rings. The molecule has 1 unspecified atom stereocenters. The van der Waals surface area contributed by atoms with Gasteiger partial charge in [0, 0.05) is 49.4 Å². The quantitative estimate of drug-likeness (QED) is 0.446. The van der Waals surface area contributed by atoms with Crippen LogP contribution in [0.4, 0.5) is 8.78 Å². The van der Waals surface area contributed by atoms with Gasteiger partial charge in [-0.3, -0.25) is 9.48 Å². The van der Waals surface area contributed by atoms with Crippen LogP contribution in [-0.4, -0.2) is 32.3 Å². The van der Waals surface area contributed by atoms with E-state index in [0.29, 0.717) is 18.1 Å². The van der Waals surface area contributed by atoms with E-state index in [1.165, 1.54) is 12.1 Å². The Hall–Kier alpha value is -3.52. The molecule has 0 saturated carbocycles. The maximum Gasteiger partial charge on any atom is 0.276 e. The number of benzene rings is 2. The molecule has 0 radical (unpaired) electrons. The first kappa shape index (κ1) is 20.4. The maximum absolute atomic E-state index is 14.1. The van der Waals surface area contributed by atoms with Gasteiger partial charge in [-0.25, -0.2) is 8.78 Å². The number of rotatable bonds is 3. The van der Waals surface area contributed by atoms with E-state index >= 15 is 0 Å². The smallest absolute Gasteiger partial charge is 0.276 e. The molecule has 1 atom stereocenters. The molecule has 1 amide bonds. The molecule has 162 valence electrons. The van der Waals surface area contributed by atoms with E-state index in [2.05, 4.69) is 10.3 Å². The van der Waals surface area contributed by atoms with Crippen molar-refractivity contribution in [2.45, 2.75) is 12.5 Å². The van der Waals surface area contributed by atoms with E-state index in [-0.39, 0.29) is 28.8 Å². The van der Waals surface area contributed by atoms with E-state index in [1.807, 2.05) is 25.4 Å². The Morgan fingerprint density at radius 3 is 2.78 bits per heavy atom. The van der Waals surface area contributed by atoms with Crippen LogP contribution in [0.15, 0.2) is 59.4 Å². The summed E-state index contributed by atoms with van der Waals surface area (Å²) in [5.74, 6) is -1.90. The number of nitrogens with zero attached hydrogens (tertiary/aromatic N) is 4. The monoisotopic (exact) mass is 454 g/mol. The van der Waals surface area contributed by atoms with Crippen LogP contribution in [0.25, 0.3) is 11.3 Å². The molecule has 9 heteroatoms. The van der Waals surface area contributed by atoms with Crippen molar-refractivity contribution in [3.8, 4) is 11.3 Å². The molecule has 0 bridgehead atoms. The molecule has 0 N–H and O–H groups in total. The molecule has 0 aliphatic carbocycles. The normalized spacial score (nSPS) is 15.6. The molecule has 1 aliphatic rings. The number of hydrogen-bond donors (Lipinski definition) is 0. The highest BCUT2D eigenvalue weighted by Crippen LogP contribution is 2.36. The Bertz CT molecular complexity index is 1330. The van der Waals surface area contributed by atoms with Crippen molar-refractivity contribution in [2.75, 3.05) is 6.54 Å². The zero-order valence-corrected chi connectivity index (χ0v) is 17.7. The molecule has 2 aromatic carbocycles. The summed E-state index contributed by atoms with van der Waals surface area (Å²) in [6, 6.07) is 10.1. The molecule has 0 saturated heterocycles. The average molecular weight is 455 g/mol. The van der Waals surface area contributed by atoms with E-state index in [9.17, 15) is 13.6 Å². The number of aromatic nitrogens is 3. The van der Waals surface area contributed by atoms with Gasteiger partial charge in [-0.1, -0.05) is 22.8 Å². The Morgan fingerprint density at radius 2 is 2.03 bits per heavy atom. The Labute approximate surface area is 187 Å². The largest absolute Gasteiger partial charge is 0.355 e. The van der Waals surface area contributed by atoms with Gasteiger partial charge in [0.2, 0.25) is 0 Å². The highest BCUT2D eigenvalue weighted by Gasteiger charge is 2.32. The van der Waals surface area contributed by atoms with Crippen LogP contribution >= 0.6 is 11.6 Å². The van der Waals surface area contributed by atoms with Crippen LogP contribution in [0.2, 0.25) is 5.02 Å². The van der Waals surface area contributed by atoms with Gasteiger partial charge in [-0.05, 0) is 41.0 Å². The molecule has 5 rings (SSSR count). The van der Waals surface area contributed by atoms with Crippen molar-refractivity contribution in [1.82, 2.24) is 19.8 Å². The topological polar surface area (TPSA) is 64.2 Å². The van der Waals surface area contributed by atoms with Crippen molar-refractivity contribution >= 4 is 17.5 Å². The van der Waals surface area contributed by atoms with Crippen molar-refractivity contribution in [3.63, 3.8) is 0 Å². The molecule has 2 aromatic heterocycles. The predicted octanol–water partition coefficient (Wildman–Crippen LogP) is 4.79. The van der Waals surface area contributed by atoms with E-state index in [1.54, 1.807) is 21.8 Å². The first-order chi connectivity index (χ1) is 15.4. The van der Waals surface area contributed by atoms with Crippen molar-refractivity contribution in [2.24, 2.45) is 7.05 Å². The summed E-state index contributed by atoms with van der Waals surface area (Å²) < 4.78 is 34.2. The number of hydrogen-bond acceptors (Lipinski definition) is 4. The standard InChI is InChI=1S/C23H17ClF2N4O2/c1-29-10-14(9-27-29)19-12-30(11-13-2-3-15(24)6-18(13)19)23(31)21-8-22(32-28-21)17-5-4-16(25)7-20(17)26/h2-10,19H,11-12H2,1H3. The SMILES string of the molecule is Cn1cc(C2CN(C(=O)c3cc(-c4ccc(F)cc4F)on3)Cc3ccc(Cl)cc32)cn1. The fraction of sp³-hybridized carbons (Fsp3) is 0.174. The van der Waals surface area contributed by atoms with E-state index < -0.39 is 11.6 Å². The lowest BCUT2D eigenvalue weighted by Gasteiger charge is -2.34. The molecule has 4 aromatic rings. The van der Waals surface area contributed by atoms with Gasteiger partial charge in [-0.15, -0.1) is 0 Å². The van der Waals surface area contributed by atoms with Crippen molar-refractivity contribution in [1.29, 1.82) is 0 Å². The van der Waals surface area contributed by atoms with Gasteiger partial charge in [0.05, 0.1) is 11.8 Å². The average Bonchev–Trinajstić information content (AvgIpc) is 3.42. The van der Waals surface area contributed by atoms with Gasteiger partial charge >= 0.3 is 0 Å². The highest BCUT2D eigenvalue weighted by molar-refractivity contribution is 6.30. The van der Waals surface area contributed by atoms with Gasteiger partial charge < -0.3 is 9.42 Å². The van der Waals surface area contributed by atoms with E-state index in [4.69, 9.17) is 16.1 Å². The summed E-state index contributed by atoms with van der Waals surface area (Å²) in [5, 5.41) is 8.72. The zero-order valence-electron chi connectivity index (χ0n) is 16.9. The van der Waals surface area contributed by atoms with Crippen LogP contribution in [-0.2, 0) is 13.6 Å². The van der Waals surface area contributed by atoms with Crippen LogP contribution in [0.1, 0.15) is 33.1 Å². The first-order valence-corrected chi connectivity index (χ1v) is 10.2. The summed E-state index contributed by atoms with van der Waals surface area (Å²) in [4.78, 5) is 14.9. The molecule has 3 heterocycles. The summed E-state index contributed by atoms with van der Waals surface area (Å²) in [5.41, 5.74) is 3.05. The van der Waals surface area contributed by atoms with Gasteiger partial charge in [-0.2, -0.15) is 5.10 Å². The van der Waals surface area contributed by atoms with E-state index in [0.717, 1.165) is 28.8 Å². The first-order valence-electron chi connectivity index (χ1n) is 9.87. The number of carbonyl (C=O) groups excluding carboxylic acids is 1. The molecule has 0 spiro atoms. The van der Waals surface area contributed by atoms with Crippen molar-refractivity contribution in [3.05, 3.63) is 93.9 Å². The Kier molecular flexibility index (Phi) is 5.01. The number of carbonyl (C=O) groups is 1. The fourth-order valence-corrected chi connectivity index (χ4v) is 4.22. The molecular formula is C23H17ClF2N4O2. The number of halogens is 3. The molecular weight excluding hydrogens is 438 g/mol.